The number of aromatic amines is 1. The van der Waals surface area contributed by atoms with E-state index in [9.17, 15) is 9.59 Å². The summed E-state index contributed by atoms with van der Waals surface area (Å²) in [4.78, 5) is 56.9. The van der Waals surface area contributed by atoms with Crippen LogP contribution in [-0.4, -0.2) is 79.5 Å². The molecule has 1 saturated heterocycles. The molecule has 1 fully saturated rings. The monoisotopic (exact) mass is 680 g/mol. The summed E-state index contributed by atoms with van der Waals surface area (Å²) in [5.74, 6) is -1.03. The number of H-pyrrole nitrogens is 1. The number of fused-ring (bicyclic) bond motifs is 6. The molecule has 12 nitrogen and oxygen atoms in total. The molecule has 0 bridgehead atoms. The van der Waals surface area contributed by atoms with Gasteiger partial charge in [-0.05, 0) is 76.8 Å². The van der Waals surface area contributed by atoms with Crippen molar-refractivity contribution in [1.29, 1.82) is 0 Å². The number of hydrogen-bond acceptors (Lipinski definition) is 8. The van der Waals surface area contributed by atoms with Crippen LogP contribution in [0.3, 0.4) is 0 Å². The highest BCUT2D eigenvalue weighted by molar-refractivity contribution is 6.12. The first-order valence-electron chi connectivity index (χ1n) is 16.8. The molecule has 1 N–H and O–H groups in total. The molecule has 2 aliphatic rings. The van der Waals surface area contributed by atoms with Gasteiger partial charge in [-0.2, -0.15) is 5.10 Å². The number of ether oxygens (including phenoxy) is 1. The molecular weight excluding hydrogens is 639 g/mol. The van der Waals surface area contributed by atoms with Crippen molar-refractivity contribution in [2.75, 3.05) is 29.9 Å². The van der Waals surface area contributed by atoms with Gasteiger partial charge >= 0.3 is 6.09 Å². The number of likely N-dealkylation sites (N-methyl/N-ethyl adjacent to an activating group) is 1. The molecule has 50 heavy (non-hydrogen) atoms. The van der Waals surface area contributed by atoms with Crippen molar-refractivity contribution in [3.63, 3.8) is 0 Å². The van der Waals surface area contributed by atoms with Crippen LogP contribution < -0.4 is 15.4 Å². The number of piperazine rings is 1. The predicted molar refractivity (Wildman–Crippen MR) is 191 cm³/mol. The summed E-state index contributed by atoms with van der Waals surface area (Å²) in [6.45, 7) is 15.2. The largest absolute Gasteiger partial charge is 0.444 e. The fourth-order valence-corrected chi connectivity index (χ4v) is 7.30. The van der Waals surface area contributed by atoms with Crippen LogP contribution in [0, 0.1) is 19.7 Å². The molecule has 1 aromatic carbocycles. The third kappa shape index (κ3) is 5.09. The Balaban J connectivity index is 1.55. The minimum Gasteiger partial charge on any atom is -0.444 e. The van der Waals surface area contributed by atoms with E-state index in [1.165, 1.54) is 15.5 Å². The maximum Gasteiger partial charge on any atom is 0.410 e. The molecule has 2 aliphatic heterocycles. The summed E-state index contributed by atoms with van der Waals surface area (Å²) in [6.07, 6.45) is 2.81. The number of aryl methyl sites for hydroxylation is 2. The molecule has 0 aliphatic carbocycles. The van der Waals surface area contributed by atoms with Crippen molar-refractivity contribution >= 4 is 45.3 Å². The number of rotatable bonds is 3. The van der Waals surface area contributed by atoms with E-state index in [-0.39, 0.29) is 41.9 Å². The van der Waals surface area contributed by atoms with Crippen molar-refractivity contribution in [3.05, 3.63) is 69.7 Å². The quantitative estimate of drug-likeness (QED) is 0.246. The van der Waals surface area contributed by atoms with E-state index >= 15 is 9.18 Å². The number of pyridine rings is 3. The topological polar surface area (TPSA) is 130 Å². The third-order valence-corrected chi connectivity index (χ3v) is 9.65. The highest BCUT2D eigenvalue weighted by Gasteiger charge is 2.47. The van der Waals surface area contributed by atoms with Crippen molar-refractivity contribution < 1.29 is 18.7 Å². The van der Waals surface area contributed by atoms with E-state index in [1.54, 1.807) is 45.1 Å². The summed E-state index contributed by atoms with van der Waals surface area (Å²) >= 11 is 0. The number of nitrogens with zero attached hydrogens (tertiary/aromatic N) is 7. The molecule has 5 aromatic rings. The van der Waals surface area contributed by atoms with E-state index in [2.05, 4.69) is 15.2 Å². The van der Waals surface area contributed by atoms with Crippen LogP contribution in [-0.2, 0) is 9.53 Å². The Morgan fingerprint density at radius 2 is 1.78 bits per heavy atom. The number of hydrogen-bond donors (Lipinski definition) is 1. The first-order chi connectivity index (χ1) is 23.6. The summed E-state index contributed by atoms with van der Waals surface area (Å²) in [6, 6.07) is 5.75. The second kappa shape index (κ2) is 11.6. The number of carbonyl (C=O) groups excluding carboxylic acids is 2. The Labute approximate surface area is 288 Å². The van der Waals surface area contributed by atoms with E-state index in [0.29, 0.717) is 33.4 Å². The lowest BCUT2D eigenvalue weighted by atomic mass is 9.97. The number of anilines is 2. The zero-order valence-electron chi connectivity index (χ0n) is 29.8. The van der Waals surface area contributed by atoms with E-state index in [0.717, 1.165) is 16.6 Å². The highest BCUT2D eigenvalue weighted by atomic mass is 19.1. The average Bonchev–Trinajstić information content (AvgIpc) is 3.51. The minimum atomic E-state index is -0.842. The summed E-state index contributed by atoms with van der Waals surface area (Å²) in [5, 5.41) is 8.19. The zero-order valence-corrected chi connectivity index (χ0v) is 29.8. The number of carbonyl (C=O) groups is 2. The van der Waals surface area contributed by atoms with Gasteiger partial charge in [0.15, 0.2) is 5.65 Å². The number of aromatic nitrogens is 5. The van der Waals surface area contributed by atoms with Crippen LogP contribution in [0.25, 0.3) is 38.9 Å². The second-order valence-corrected chi connectivity index (χ2v) is 14.7. The number of amides is 2. The maximum atomic E-state index is 16.7. The smallest absolute Gasteiger partial charge is 0.410 e. The van der Waals surface area contributed by atoms with Crippen LogP contribution in [0.1, 0.15) is 64.3 Å². The molecule has 0 spiro atoms. The van der Waals surface area contributed by atoms with E-state index in [1.807, 2.05) is 57.7 Å². The van der Waals surface area contributed by atoms with Crippen LogP contribution >= 0.6 is 0 Å². The molecule has 0 radical (unpaired) electrons. The summed E-state index contributed by atoms with van der Waals surface area (Å²) < 4.78 is 23.9. The lowest BCUT2D eigenvalue weighted by Gasteiger charge is -2.49. The molecule has 7 rings (SSSR count). The molecule has 2 amide bonds. The lowest BCUT2D eigenvalue weighted by Crippen LogP contribution is -2.66. The molecule has 6 heterocycles. The van der Waals surface area contributed by atoms with Crippen molar-refractivity contribution in [3.8, 4) is 16.9 Å². The van der Waals surface area contributed by atoms with Crippen LogP contribution in [0.2, 0.25) is 0 Å². The molecule has 13 heteroatoms. The number of benzene rings is 1. The fraction of sp³-hybridized carbons (Fsp3) is 0.405. The molecule has 4 aromatic heterocycles. The minimum absolute atomic E-state index is 0.0260. The van der Waals surface area contributed by atoms with Crippen LogP contribution in [0.15, 0.2) is 41.5 Å². The molecule has 260 valence electrons. The van der Waals surface area contributed by atoms with Gasteiger partial charge in [-0.1, -0.05) is 19.9 Å². The Kier molecular flexibility index (Phi) is 7.72. The number of nitrogens with one attached hydrogen (secondary N) is 1. The van der Waals surface area contributed by atoms with Crippen LogP contribution in [0.5, 0.6) is 0 Å². The Morgan fingerprint density at radius 3 is 2.48 bits per heavy atom. The normalized spacial score (nSPS) is 17.9. The molecule has 2 atom stereocenters. The Bertz CT molecular complexity index is 2290. The van der Waals surface area contributed by atoms with Gasteiger partial charge in [-0.3, -0.25) is 24.2 Å². The first kappa shape index (κ1) is 33.2. The van der Waals surface area contributed by atoms with Gasteiger partial charge in [0, 0.05) is 42.2 Å². The van der Waals surface area contributed by atoms with Gasteiger partial charge in [0.05, 0.1) is 35.3 Å². The number of halogens is 1. The Hall–Kier alpha value is -5.33. The van der Waals surface area contributed by atoms with Gasteiger partial charge in [-0.15, -0.1) is 0 Å². The summed E-state index contributed by atoms with van der Waals surface area (Å²) in [7, 11) is 1.55. The second-order valence-electron chi connectivity index (χ2n) is 14.7. The van der Waals surface area contributed by atoms with Crippen molar-refractivity contribution in [2.45, 2.75) is 79.0 Å². The average molecular weight is 681 g/mol. The van der Waals surface area contributed by atoms with Crippen LogP contribution in [0.4, 0.5) is 20.6 Å². The zero-order chi connectivity index (χ0) is 36.0. The van der Waals surface area contributed by atoms with Gasteiger partial charge in [0.2, 0.25) is 0 Å². The first-order valence-corrected chi connectivity index (χ1v) is 16.8. The van der Waals surface area contributed by atoms with Gasteiger partial charge in [0.25, 0.3) is 11.5 Å². The SMILES string of the molecule is Cc1ccnc(C(C)C)c1-n1c(=O)c2c(c3cc(F)c(-c4c(C)ccc5[nH]ncc45)nc31)N1C[C@@H](C)N(C(=O)OC(C)(C)C)C[C@@H]1C(=O)N2C. The maximum absolute atomic E-state index is 16.7. The molecule has 0 unspecified atom stereocenters. The predicted octanol–water partition coefficient (Wildman–Crippen LogP) is 5.99. The fourth-order valence-electron chi connectivity index (χ4n) is 7.30. The van der Waals surface area contributed by atoms with E-state index in [4.69, 9.17) is 9.72 Å². The summed E-state index contributed by atoms with van der Waals surface area (Å²) in [5.41, 5.74) is 3.64. The molecule has 0 saturated carbocycles. The lowest BCUT2D eigenvalue weighted by molar-refractivity contribution is -0.121. The Morgan fingerprint density at radius 1 is 1.04 bits per heavy atom. The third-order valence-electron chi connectivity index (χ3n) is 9.65. The van der Waals surface area contributed by atoms with Gasteiger partial charge < -0.3 is 19.4 Å². The standard InChI is InChI=1S/C37H41FN8O4/c1-18(2)28-30(20(4)12-13-39-28)46-33-22(14-24(38)29(41-33)27-19(3)10-11-25-23(27)15-40-42-25)31-32(35(46)48)43(9)34(47)26-17-44(21(5)16-45(26)31)36(49)50-37(6,7)8/h10-15,18,21,26H,16-17H2,1-9H3,(H,40,42)/t21-,26-/m1/s1. The van der Waals surface area contributed by atoms with Gasteiger partial charge in [0.1, 0.15) is 28.8 Å². The van der Waals surface area contributed by atoms with Crippen molar-refractivity contribution in [1.82, 2.24) is 29.6 Å². The van der Waals surface area contributed by atoms with Gasteiger partial charge in [-0.25, -0.2) is 14.2 Å². The van der Waals surface area contributed by atoms with Crippen molar-refractivity contribution in [2.24, 2.45) is 0 Å². The van der Waals surface area contributed by atoms with E-state index < -0.39 is 35.2 Å². The molecular formula is C37H41FN8O4. The highest BCUT2D eigenvalue weighted by Crippen LogP contribution is 2.43.